The van der Waals surface area contributed by atoms with Crippen molar-refractivity contribution in [3.63, 3.8) is 0 Å². The van der Waals surface area contributed by atoms with E-state index in [1.54, 1.807) is 0 Å². The summed E-state index contributed by atoms with van der Waals surface area (Å²) in [4.78, 5) is 2.71. The minimum Gasteiger partial charge on any atom is -0.388 e. The van der Waals surface area contributed by atoms with Gasteiger partial charge in [-0.1, -0.05) is 0 Å². The molecule has 1 aromatic rings. The van der Waals surface area contributed by atoms with Crippen LogP contribution in [0.25, 0.3) is 0 Å². The normalized spacial score (nSPS) is 12.1. The summed E-state index contributed by atoms with van der Waals surface area (Å²) in [6.07, 6.45) is -10.2. The molecule has 10 heteroatoms. The molecule has 0 saturated carbocycles. The van der Waals surface area contributed by atoms with Gasteiger partial charge in [-0.3, -0.25) is 0 Å². The fourth-order valence-corrected chi connectivity index (χ4v) is 1.65. The van der Waals surface area contributed by atoms with Crippen LogP contribution in [-0.4, -0.2) is 11.3 Å². The maximum Gasteiger partial charge on any atom is 0.574 e. The molecule has 0 aromatic carbocycles. The molecule has 1 heterocycles. The number of aromatic nitrogens is 1. The number of alkyl halides is 6. The van der Waals surface area contributed by atoms with Crippen LogP contribution in [-0.2, 0) is 6.18 Å². The van der Waals surface area contributed by atoms with Crippen molar-refractivity contribution >= 4 is 22.6 Å². The van der Waals surface area contributed by atoms with Gasteiger partial charge in [0.05, 0.1) is 9.13 Å². The molecule has 0 unspecified atom stereocenters. The van der Waals surface area contributed by atoms with Crippen molar-refractivity contribution < 1.29 is 31.1 Å². The highest BCUT2D eigenvalue weighted by atomic mass is 127. The number of hydrogen-bond acceptors (Lipinski definition) is 3. The Morgan fingerprint density at radius 1 is 1.22 bits per heavy atom. The van der Waals surface area contributed by atoms with E-state index in [2.05, 4.69) is 9.72 Å². The maximum atomic E-state index is 12.5. The average molecular weight is 382 g/mol. The maximum absolute atomic E-state index is 12.5. The Balaban J connectivity index is 3.37. The summed E-state index contributed by atoms with van der Waals surface area (Å²) in [5, 5.41) is 8.54. The molecule has 0 amide bonds. The first-order valence-electron chi connectivity index (χ1n) is 3.98. The third kappa shape index (κ3) is 3.62. The molecule has 0 spiro atoms. The van der Waals surface area contributed by atoms with Crippen LogP contribution in [0.15, 0.2) is 6.07 Å². The molecule has 0 radical (unpaired) electrons. The SMILES string of the molecule is N#Cc1cc(OC(F)(F)F)nc(C(F)(F)F)c1I. The first kappa shape index (κ1) is 14.8. The van der Waals surface area contributed by atoms with Crippen molar-refractivity contribution in [3.05, 3.63) is 20.9 Å². The molecular formula is C8HF6IN2O. The van der Waals surface area contributed by atoms with Crippen LogP contribution in [0, 0.1) is 14.9 Å². The van der Waals surface area contributed by atoms with Gasteiger partial charge in [0, 0.05) is 6.07 Å². The molecule has 0 aliphatic heterocycles. The molecular weight excluding hydrogens is 381 g/mol. The summed E-state index contributed by atoms with van der Waals surface area (Å²) in [5.41, 5.74) is -2.20. The number of pyridine rings is 1. The van der Waals surface area contributed by atoms with E-state index >= 15 is 0 Å². The van der Waals surface area contributed by atoms with E-state index in [9.17, 15) is 26.3 Å². The number of rotatable bonds is 1. The molecule has 0 aliphatic carbocycles. The number of nitrogens with zero attached hydrogens (tertiary/aromatic N) is 2. The van der Waals surface area contributed by atoms with E-state index in [1.807, 2.05) is 0 Å². The second-order valence-electron chi connectivity index (χ2n) is 2.83. The molecule has 1 aromatic heterocycles. The van der Waals surface area contributed by atoms with Gasteiger partial charge in [-0.05, 0) is 22.6 Å². The van der Waals surface area contributed by atoms with Gasteiger partial charge in [0.2, 0.25) is 5.88 Å². The van der Waals surface area contributed by atoms with E-state index in [0.717, 1.165) is 0 Å². The van der Waals surface area contributed by atoms with Gasteiger partial charge < -0.3 is 4.74 Å². The Kier molecular flexibility index (Phi) is 3.94. The zero-order chi connectivity index (χ0) is 14.1. The number of hydrogen-bond donors (Lipinski definition) is 0. The predicted molar refractivity (Wildman–Crippen MR) is 53.4 cm³/mol. The van der Waals surface area contributed by atoms with E-state index in [1.165, 1.54) is 28.7 Å². The number of nitriles is 1. The molecule has 0 aliphatic rings. The molecule has 3 nitrogen and oxygen atoms in total. The summed E-state index contributed by atoms with van der Waals surface area (Å²) < 4.78 is 75.7. The highest BCUT2D eigenvalue weighted by Crippen LogP contribution is 2.35. The van der Waals surface area contributed by atoms with E-state index in [4.69, 9.17) is 5.26 Å². The molecule has 0 saturated heterocycles. The first-order chi connectivity index (χ1) is 8.04. The second-order valence-corrected chi connectivity index (χ2v) is 3.91. The lowest BCUT2D eigenvalue weighted by molar-refractivity contribution is -0.276. The van der Waals surface area contributed by atoms with Crippen molar-refractivity contribution in [1.82, 2.24) is 4.98 Å². The van der Waals surface area contributed by atoms with Gasteiger partial charge in [-0.15, -0.1) is 13.2 Å². The zero-order valence-corrected chi connectivity index (χ0v) is 10.2. The fraction of sp³-hybridized carbons (Fsp3) is 0.250. The van der Waals surface area contributed by atoms with E-state index in [-0.39, 0.29) is 0 Å². The van der Waals surface area contributed by atoms with Crippen molar-refractivity contribution in [1.29, 1.82) is 5.26 Å². The van der Waals surface area contributed by atoms with Gasteiger partial charge >= 0.3 is 12.5 Å². The molecule has 0 atom stereocenters. The summed E-state index contributed by atoms with van der Waals surface area (Å²) in [6, 6.07) is 1.83. The van der Waals surface area contributed by atoms with Gasteiger partial charge in [0.1, 0.15) is 6.07 Å². The zero-order valence-electron chi connectivity index (χ0n) is 8.03. The van der Waals surface area contributed by atoms with Crippen molar-refractivity contribution in [2.45, 2.75) is 12.5 Å². The van der Waals surface area contributed by atoms with Crippen LogP contribution in [0.4, 0.5) is 26.3 Å². The molecule has 18 heavy (non-hydrogen) atoms. The smallest absolute Gasteiger partial charge is 0.388 e. The van der Waals surface area contributed by atoms with Crippen LogP contribution in [0.5, 0.6) is 5.88 Å². The van der Waals surface area contributed by atoms with Crippen LogP contribution >= 0.6 is 22.6 Å². The Hall–Kier alpha value is -1.25. The highest BCUT2D eigenvalue weighted by molar-refractivity contribution is 14.1. The minimum absolute atomic E-state index is 0.491. The van der Waals surface area contributed by atoms with Gasteiger partial charge in [0.15, 0.2) is 5.69 Å². The van der Waals surface area contributed by atoms with Gasteiger partial charge in [0.25, 0.3) is 0 Å². The standard InChI is InChI=1S/C8HF6IN2O/c9-7(10,11)6-5(15)3(2-16)1-4(17-6)18-8(12,13)14/h1H. The third-order valence-corrected chi connectivity index (χ3v) is 2.64. The third-order valence-electron chi connectivity index (χ3n) is 1.54. The summed E-state index contributed by atoms with van der Waals surface area (Å²) >= 11 is 1.18. The van der Waals surface area contributed by atoms with Gasteiger partial charge in [-0.25, -0.2) is 4.98 Å². The largest absolute Gasteiger partial charge is 0.574 e. The number of ether oxygens (including phenoxy) is 1. The molecule has 0 fully saturated rings. The van der Waals surface area contributed by atoms with Gasteiger partial charge in [-0.2, -0.15) is 18.4 Å². The monoisotopic (exact) mass is 382 g/mol. The topological polar surface area (TPSA) is 45.9 Å². The number of halogens is 7. The minimum atomic E-state index is -5.19. The van der Waals surface area contributed by atoms with Crippen LogP contribution in [0.3, 0.4) is 0 Å². The molecule has 0 N–H and O–H groups in total. The van der Waals surface area contributed by atoms with Crippen LogP contribution in [0.2, 0.25) is 0 Å². The first-order valence-corrected chi connectivity index (χ1v) is 5.06. The molecule has 98 valence electrons. The second kappa shape index (κ2) is 4.79. The molecule has 1 rings (SSSR count). The quantitative estimate of drug-likeness (QED) is 0.552. The summed E-state index contributed by atoms with van der Waals surface area (Å²) in [6.45, 7) is 0. The average Bonchev–Trinajstić information content (AvgIpc) is 2.16. The Morgan fingerprint density at radius 2 is 1.78 bits per heavy atom. The predicted octanol–water partition coefficient (Wildman–Crippen LogP) is 3.48. The summed E-state index contributed by atoms with van der Waals surface area (Å²) in [7, 11) is 0. The lowest BCUT2D eigenvalue weighted by Crippen LogP contribution is -2.20. The lowest BCUT2D eigenvalue weighted by atomic mass is 10.2. The van der Waals surface area contributed by atoms with Crippen molar-refractivity contribution in [2.24, 2.45) is 0 Å². The van der Waals surface area contributed by atoms with Crippen molar-refractivity contribution in [3.8, 4) is 11.9 Å². The van der Waals surface area contributed by atoms with Crippen molar-refractivity contribution in [2.75, 3.05) is 0 Å². The fourth-order valence-electron chi connectivity index (χ4n) is 0.946. The van der Waals surface area contributed by atoms with E-state index in [0.29, 0.717) is 6.07 Å². The van der Waals surface area contributed by atoms with Crippen LogP contribution < -0.4 is 4.74 Å². The summed E-state index contributed by atoms with van der Waals surface area (Å²) in [5.74, 6) is -1.33. The Labute approximate surface area is 110 Å². The highest BCUT2D eigenvalue weighted by Gasteiger charge is 2.38. The molecule has 0 bridgehead atoms. The van der Waals surface area contributed by atoms with Crippen LogP contribution in [0.1, 0.15) is 11.3 Å². The Bertz CT molecular complexity index is 504. The Morgan fingerprint density at radius 3 is 2.17 bits per heavy atom. The van der Waals surface area contributed by atoms with E-state index < -0.39 is 33.2 Å². The lowest BCUT2D eigenvalue weighted by Gasteiger charge is -2.13.